The highest BCUT2D eigenvalue weighted by Crippen LogP contribution is 2.34. The van der Waals surface area contributed by atoms with Gasteiger partial charge in [0.1, 0.15) is 0 Å². The monoisotopic (exact) mass is 492 g/mol. The summed E-state index contributed by atoms with van der Waals surface area (Å²) in [5.74, 6) is -1.15. The van der Waals surface area contributed by atoms with Crippen molar-refractivity contribution in [1.82, 2.24) is 25.1 Å². The minimum atomic E-state index is -4.61. The highest BCUT2D eigenvalue weighted by atomic mass is 32.2. The number of tetrazole rings is 1. The second kappa shape index (κ2) is 10.2. The van der Waals surface area contributed by atoms with E-state index in [1.54, 1.807) is 6.92 Å². The summed E-state index contributed by atoms with van der Waals surface area (Å²) in [5.41, 5.74) is 1.43. The number of carbonyl (C=O) groups is 2. The van der Waals surface area contributed by atoms with Crippen molar-refractivity contribution in [2.75, 3.05) is 18.9 Å². The van der Waals surface area contributed by atoms with Crippen LogP contribution in [0.15, 0.2) is 47.6 Å². The van der Waals surface area contributed by atoms with Gasteiger partial charge in [0, 0.05) is 7.05 Å². The number of carbonyl (C=O) groups excluding carboxylic acids is 2. The van der Waals surface area contributed by atoms with Gasteiger partial charge in [0.15, 0.2) is 0 Å². The average Bonchev–Trinajstić information content (AvgIpc) is 3.22. The maximum absolute atomic E-state index is 13.1. The number of benzene rings is 2. The number of likely N-dealkylation sites (N-methyl/N-ethyl adjacent to an activating group) is 1. The van der Waals surface area contributed by atoms with Crippen molar-refractivity contribution in [2.45, 2.75) is 37.4 Å². The maximum atomic E-state index is 13.1. The minimum Gasteiger partial charge on any atom is -0.335 e. The molecule has 0 unspecified atom stereocenters. The molecule has 0 saturated carbocycles. The fraction of sp³-hybridized carbons (Fsp3) is 0.318. The lowest BCUT2D eigenvalue weighted by atomic mass is 10.1. The number of nitrogens with one attached hydrogen (secondary N) is 1. The molecule has 0 bridgehead atoms. The van der Waals surface area contributed by atoms with Crippen molar-refractivity contribution in [1.29, 1.82) is 0 Å². The van der Waals surface area contributed by atoms with Gasteiger partial charge in [-0.15, -0.1) is 5.10 Å². The van der Waals surface area contributed by atoms with Crippen LogP contribution < -0.4 is 5.32 Å². The number of nitrogens with zero attached hydrogens (tertiary/aromatic N) is 5. The van der Waals surface area contributed by atoms with Crippen LogP contribution in [0.5, 0.6) is 0 Å². The van der Waals surface area contributed by atoms with Gasteiger partial charge < -0.3 is 10.2 Å². The number of thioether (sulfide) groups is 1. The van der Waals surface area contributed by atoms with Gasteiger partial charge in [-0.1, -0.05) is 36.0 Å². The number of hydrogen-bond acceptors (Lipinski definition) is 6. The van der Waals surface area contributed by atoms with E-state index >= 15 is 0 Å². The molecule has 2 amide bonds. The van der Waals surface area contributed by atoms with E-state index in [0.717, 1.165) is 45.6 Å². The van der Waals surface area contributed by atoms with Gasteiger partial charge in [0.25, 0.3) is 0 Å². The summed E-state index contributed by atoms with van der Waals surface area (Å²) in [6, 6.07) is 10.5. The summed E-state index contributed by atoms with van der Waals surface area (Å²) in [5, 5.41) is 13.7. The summed E-state index contributed by atoms with van der Waals surface area (Å²) in [6.07, 6.45) is -4.61. The molecule has 1 atom stereocenters. The Hall–Kier alpha value is -3.41. The van der Waals surface area contributed by atoms with Crippen LogP contribution in [-0.4, -0.2) is 55.8 Å². The summed E-state index contributed by atoms with van der Waals surface area (Å²) < 4.78 is 41.0. The largest absolute Gasteiger partial charge is 0.418 e. The van der Waals surface area contributed by atoms with E-state index in [-0.39, 0.29) is 5.69 Å². The third kappa shape index (κ3) is 5.93. The van der Waals surface area contributed by atoms with Crippen LogP contribution in [0, 0.1) is 13.8 Å². The molecule has 12 heteroatoms. The summed E-state index contributed by atoms with van der Waals surface area (Å²) >= 11 is 1.11. The number of alkyl halides is 3. The number of rotatable bonds is 7. The molecular weight excluding hydrogens is 469 g/mol. The van der Waals surface area contributed by atoms with Crippen molar-refractivity contribution in [3.8, 4) is 5.69 Å². The number of hydrogen-bond donors (Lipinski definition) is 1. The third-order valence-corrected chi connectivity index (χ3v) is 5.95. The summed E-state index contributed by atoms with van der Waals surface area (Å²) in [6.45, 7) is 5.09. The molecule has 2 aromatic carbocycles. The van der Waals surface area contributed by atoms with Crippen LogP contribution >= 0.6 is 11.8 Å². The van der Waals surface area contributed by atoms with Crippen molar-refractivity contribution < 1.29 is 22.8 Å². The first kappa shape index (κ1) is 25.2. The minimum absolute atomic E-state index is 0.365. The molecule has 0 radical (unpaired) electrons. The Morgan fingerprint density at radius 2 is 1.88 bits per heavy atom. The molecule has 3 rings (SSSR count). The van der Waals surface area contributed by atoms with Gasteiger partial charge >= 0.3 is 6.18 Å². The van der Waals surface area contributed by atoms with E-state index in [4.69, 9.17) is 0 Å². The predicted molar refractivity (Wildman–Crippen MR) is 122 cm³/mol. The van der Waals surface area contributed by atoms with Gasteiger partial charge in [-0.05, 0) is 60.5 Å². The Labute approximate surface area is 198 Å². The van der Waals surface area contributed by atoms with Crippen molar-refractivity contribution in [3.05, 3.63) is 59.2 Å². The summed E-state index contributed by atoms with van der Waals surface area (Å²) in [4.78, 5) is 26.3. The Kier molecular flexibility index (Phi) is 7.60. The lowest BCUT2D eigenvalue weighted by Gasteiger charge is -2.21. The maximum Gasteiger partial charge on any atom is 0.418 e. The van der Waals surface area contributed by atoms with Crippen molar-refractivity contribution in [3.63, 3.8) is 0 Å². The Morgan fingerprint density at radius 1 is 1.18 bits per heavy atom. The van der Waals surface area contributed by atoms with Crippen molar-refractivity contribution in [2.24, 2.45) is 0 Å². The zero-order chi connectivity index (χ0) is 25.0. The van der Waals surface area contributed by atoms with E-state index in [2.05, 4.69) is 20.8 Å². The van der Waals surface area contributed by atoms with Crippen LogP contribution in [0.25, 0.3) is 5.69 Å². The highest BCUT2D eigenvalue weighted by Gasteiger charge is 2.33. The SMILES string of the molecule is Cc1ccc(C)c(-n2nnnc2S[C@H](C)C(=O)N(C)CC(=O)Nc2ccccc2C(F)(F)F)c1. The van der Waals surface area contributed by atoms with Gasteiger partial charge in [-0.2, -0.15) is 17.9 Å². The average molecular weight is 493 g/mol. The number of anilines is 1. The molecule has 0 spiro atoms. The second-order valence-electron chi connectivity index (χ2n) is 7.71. The molecule has 180 valence electrons. The van der Waals surface area contributed by atoms with Gasteiger partial charge in [-0.25, -0.2) is 0 Å². The number of para-hydroxylation sites is 1. The molecule has 1 N–H and O–H groups in total. The molecule has 8 nitrogen and oxygen atoms in total. The lowest BCUT2D eigenvalue weighted by molar-refractivity contribution is -0.137. The van der Waals surface area contributed by atoms with E-state index in [1.807, 2.05) is 32.0 Å². The topological polar surface area (TPSA) is 93.0 Å². The Bertz CT molecular complexity index is 1200. The number of aromatic nitrogens is 4. The standard InChI is InChI=1S/C22H23F3N6O2S/c1-13-9-10-14(2)18(11-13)31-21(27-28-29-31)34-15(3)20(33)30(4)12-19(32)26-17-8-6-5-7-16(17)22(23,24)25/h5-11,15H,12H2,1-4H3,(H,26,32)/t15-/m1/s1. The Balaban J connectivity index is 1.66. The molecule has 3 aromatic rings. The van der Waals surface area contributed by atoms with Crippen molar-refractivity contribution >= 4 is 29.3 Å². The second-order valence-corrected chi connectivity index (χ2v) is 9.02. The molecule has 0 aliphatic rings. The first-order valence-electron chi connectivity index (χ1n) is 10.2. The first-order valence-corrected chi connectivity index (χ1v) is 11.1. The number of halogens is 3. The first-order chi connectivity index (χ1) is 16.0. The van der Waals surface area contributed by atoms with Crippen LogP contribution in [0.1, 0.15) is 23.6 Å². The molecule has 0 aliphatic heterocycles. The fourth-order valence-corrected chi connectivity index (χ4v) is 4.11. The molecule has 1 heterocycles. The van der Waals surface area contributed by atoms with Gasteiger partial charge in [0.2, 0.25) is 17.0 Å². The fourth-order valence-electron chi connectivity index (χ4n) is 3.19. The molecule has 34 heavy (non-hydrogen) atoms. The number of aryl methyl sites for hydroxylation is 2. The Morgan fingerprint density at radius 3 is 2.59 bits per heavy atom. The predicted octanol–water partition coefficient (Wildman–Crippen LogP) is 3.88. The molecule has 0 saturated heterocycles. The molecule has 0 fully saturated rings. The zero-order valence-electron chi connectivity index (χ0n) is 18.9. The smallest absolute Gasteiger partial charge is 0.335 e. The van der Waals surface area contributed by atoms with Gasteiger partial charge in [0.05, 0.1) is 28.7 Å². The molecular formula is C22H23F3N6O2S. The van der Waals surface area contributed by atoms with Gasteiger partial charge in [-0.3, -0.25) is 9.59 Å². The quantitative estimate of drug-likeness (QED) is 0.504. The van der Waals surface area contributed by atoms with Crippen LogP contribution in [0.3, 0.4) is 0 Å². The molecule has 1 aromatic heterocycles. The number of amides is 2. The van der Waals surface area contributed by atoms with E-state index in [0.29, 0.717) is 5.16 Å². The highest BCUT2D eigenvalue weighted by molar-refractivity contribution is 8.00. The van der Waals surface area contributed by atoms with E-state index in [9.17, 15) is 22.8 Å². The van der Waals surface area contributed by atoms with E-state index < -0.39 is 35.3 Å². The molecule has 0 aliphatic carbocycles. The van der Waals surface area contributed by atoms with E-state index in [1.165, 1.54) is 23.9 Å². The third-order valence-electron chi connectivity index (χ3n) is 4.93. The lowest BCUT2D eigenvalue weighted by Crippen LogP contribution is -2.39. The van der Waals surface area contributed by atoms with Crippen LogP contribution in [0.4, 0.5) is 18.9 Å². The van der Waals surface area contributed by atoms with Crippen LogP contribution in [0.2, 0.25) is 0 Å². The normalized spacial score (nSPS) is 12.3. The summed E-state index contributed by atoms with van der Waals surface area (Å²) in [7, 11) is 1.41. The van der Waals surface area contributed by atoms with Crippen LogP contribution in [-0.2, 0) is 15.8 Å². The zero-order valence-corrected chi connectivity index (χ0v) is 19.7.